The summed E-state index contributed by atoms with van der Waals surface area (Å²) in [6.45, 7) is 0. The number of hydrogen-bond donors (Lipinski definition) is 2. The minimum atomic E-state index is -0.881. The first-order valence-electron chi connectivity index (χ1n) is 1.10. The van der Waals surface area contributed by atoms with Gasteiger partial charge in [0.2, 0.25) is 0 Å². The van der Waals surface area contributed by atoms with Crippen LogP contribution in [0.2, 0.25) is 0 Å². The summed E-state index contributed by atoms with van der Waals surface area (Å²) >= 11 is 3.42. The normalized spacial score (nSPS) is 6.17. The number of thiol groups is 1. The molecule has 0 aromatic carbocycles. The summed E-state index contributed by atoms with van der Waals surface area (Å²) in [5, 5.41) is 7.65. The average molecular weight is 188 g/mol. The van der Waals surface area contributed by atoms with Crippen molar-refractivity contribution < 1.29 is 31.0 Å². The molecule has 0 aromatic heterocycles. The van der Waals surface area contributed by atoms with Crippen LogP contribution in [-0.4, -0.2) is 16.8 Å². The van der Waals surface area contributed by atoms with Gasteiger partial charge in [-0.3, -0.25) is 4.79 Å². The van der Waals surface area contributed by atoms with E-state index in [0.717, 1.165) is 0 Å². The van der Waals surface area contributed by atoms with Gasteiger partial charge in [-0.1, -0.05) is 0 Å². The Morgan fingerprint density at radius 3 is 2.00 bits per heavy atom. The second-order valence-electron chi connectivity index (χ2n) is 0.552. The molecule has 36 valence electrons. The molecular formula is C2H4MoO2S. The molecule has 0 aromatic rings. The fraction of sp³-hybridized carbons (Fsp3) is 0.500. The van der Waals surface area contributed by atoms with Gasteiger partial charge in [0.15, 0.2) is 0 Å². The van der Waals surface area contributed by atoms with Crippen LogP contribution in [0.5, 0.6) is 0 Å². The Bertz CT molecular complexity index is 46.8. The van der Waals surface area contributed by atoms with E-state index in [-0.39, 0.29) is 26.8 Å². The van der Waals surface area contributed by atoms with Gasteiger partial charge in [-0.25, -0.2) is 0 Å². The zero-order valence-corrected chi connectivity index (χ0v) is 5.82. The quantitative estimate of drug-likeness (QED) is 0.449. The van der Waals surface area contributed by atoms with E-state index in [1.807, 2.05) is 0 Å². The molecule has 0 saturated carbocycles. The van der Waals surface area contributed by atoms with Crippen molar-refractivity contribution in [2.75, 3.05) is 5.75 Å². The molecule has 0 atom stereocenters. The molecule has 2 nitrogen and oxygen atoms in total. The fourth-order valence-electron chi connectivity index (χ4n) is 0. The topological polar surface area (TPSA) is 37.3 Å². The predicted octanol–water partition coefficient (Wildman–Crippen LogP) is -0.00170. The molecule has 6 heavy (non-hydrogen) atoms. The van der Waals surface area contributed by atoms with Gasteiger partial charge in [0.25, 0.3) is 0 Å². The molecule has 0 amide bonds. The second kappa shape index (κ2) is 5.51. The fourth-order valence-corrected chi connectivity index (χ4v) is 0. The smallest absolute Gasteiger partial charge is 0.313 e. The number of carboxylic acid groups (broad SMARTS) is 1. The molecule has 0 spiro atoms. The van der Waals surface area contributed by atoms with Crippen LogP contribution in [-0.2, 0) is 25.9 Å². The first kappa shape index (κ1) is 9.72. The van der Waals surface area contributed by atoms with Gasteiger partial charge in [-0.15, -0.1) is 0 Å². The Morgan fingerprint density at radius 1 is 1.83 bits per heavy atom. The van der Waals surface area contributed by atoms with Crippen LogP contribution in [0.4, 0.5) is 0 Å². The third-order valence-electron chi connectivity index (χ3n) is 0.135. The predicted molar refractivity (Wildman–Crippen MR) is 21.5 cm³/mol. The molecule has 4 heteroatoms. The van der Waals surface area contributed by atoms with Crippen LogP contribution < -0.4 is 0 Å². The van der Waals surface area contributed by atoms with E-state index in [9.17, 15) is 4.79 Å². The monoisotopic (exact) mass is 190 g/mol. The van der Waals surface area contributed by atoms with Crippen molar-refractivity contribution in [1.82, 2.24) is 0 Å². The Labute approximate surface area is 55.6 Å². The minimum absolute atomic E-state index is 0. The molecule has 0 heterocycles. The van der Waals surface area contributed by atoms with E-state index in [1.54, 1.807) is 0 Å². The van der Waals surface area contributed by atoms with Crippen molar-refractivity contribution in [3.05, 3.63) is 0 Å². The molecule has 0 aliphatic carbocycles. The van der Waals surface area contributed by atoms with E-state index in [4.69, 9.17) is 5.11 Å². The van der Waals surface area contributed by atoms with Crippen molar-refractivity contribution in [3.8, 4) is 0 Å². The molecular weight excluding hydrogens is 184 g/mol. The zero-order chi connectivity index (χ0) is 4.28. The maximum atomic E-state index is 9.29. The number of rotatable bonds is 1. The van der Waals surface area contributed by atoms with Crippen LogP contribution >= 0.6 is 12.6 Å². The molecule has 0 aliphatic rings. The van der Waals surface area contributed by atoms with E-state index < -0.39 is 5.97 Å². The SMILES string of the molecule is O=C(O)CS.[Mo]. The van der Waals surface area contributed by atoms with Crippen LogP contribution in [0.25, 0.3) is 0 Å². The van der Waals surface area contributed by atoms with Crippen molar-refractivity contribution in [2.45, 2.75) is 0 Å². The molecule has 0 bridgehead atoms. The number of aliphatic carboxylic acids is 1. The van der Waals surface area contributed by atoms with Gasteiger partial charge in [-0.05, 0) is 0 Å². The van der Waals surface area contributed by atoms with Crippen LogP contribution in [0.15, 0.2) is 0 Å². The van der Waals surface area contributed by atoms with E-state index in [2.05, 4.69) is 12.6 Å². The van der Waals surface area contributed by atoms with Gasteiger partial charge in [0.05, 0.1) is 5.75 Å². The van der Waals surface area contributed by atoms with E-state index in [0.29, 0.717) is 0 Å². The summed E-state index contributed by atoms with van der Waals surface area (Å²) in [5.41, 5.74) is 0. The summed E-state index contributed by atoms with van der Waals surface area (Å²) in [6.07, 6.45) is 0. The van der Waals surface area contributed by atoms with Crippen LogP contribution in [0, 0.1) is 0 Å². The molecule has 1 N–H and O–H groups in total. The molecule has 0 unspecified atom stereocenters. The zero-order valence-electron chi connectivity index (χ0n) is 2.92. The number of carbonyl (C=O) groups is 1. The average Bonchev–Trinajstić information content (AvgIpc) is 1.38. The van der Waals surface area contributed by atoms with Crippen molar-refractivity contribution in [1.29, 1.82) is 0 Å². The Morgan fingerprint density at radius 2 is 2.00 bits per heavy atom. The van der Waals surface area contributed by atoms with Gasteiger partial charge >= 0.3 is 5.97 Å². The summed E-state index contributed by atoms with van der Waals surface area (Å²) < 4.78 is 0. The van der Waals surface area contributed by atoms with Crippen LogP contribution in [0.1, 0.15) is 0 Å². The van der Waals surface area contributed by atoms with E-state index in [1.165, 1.54) is 0 Å². The maximum Gasteiger partial charge on any atom is 0.313 e. The molecule has 0 radical (unpaired) electrons. The summed E-state index contributed by atoms with van der Waals surface area (Å²) in [4.78, 5) is 9.29. The van der Waals surface area contributed by atoms with Gasteiger partial charge < -0.3 is 5.11 Å². The largest absolute Gasteiger partial charge is 0.481 e. The van der Waals surface area contributed by atoms with Crippen molar-refractivity contribution >= 4 is 18.6 Å². The molecule has 0 rings (SSSR count). The molecule has 0 aliphatic heterocycles. The first-order chi connectivity index (χ1) is 2.27. The van der Waals surface area contributed by atoms with Crippen molar-refractivity contribution in [3.63, 3.8) is 0 Å². The van der Waals surface area contributed by atoms with Gasteiger partial charge in [0, 0.05) is 21.1 Å². The number of hydrogen-bond acceptors (Lipinski definition) is 2. The Balaban J connectivity index is 0. The third-order valence-corrected chi connectivity index (χ3v) is 0.406. The maximum absolute atomic E-state index is 9.29. The second-order valence-corrected chi connectivity index (χ2v) is 0.868. The minimum Gasteiger partial charge on any atom is -0.481 e. The summed E-state index contributed by atoms with van der Waals surface area (Å²) in [5.74, 6) is -0.965. The van der Waals surface area contributed by atoms with Crippen molar-refractivity contribution in [2.24, 2.45) is 0 Å². The van der Waals surface area contributed by atoms with Gasteiger partial charge in [0.1, 0.15) is 0 Å². The van der Waals surface area contributed by atoms with Gasteiger partial charge in [-0.2, -0.15) is 12.6 Å². The van der Waals surface area contributed by atoms with Crippen LogP contribution in [0.3, 0.4) is 0 Å². The summed E-state index contributed by atoms with van der Waals surface area (Å²) in [7, 11) is 0. The third kappa shape index (κ3) is 8.82. The number of carboxylic acids is 1. The van der Waals surface area contributed by atoms with E-state index >= 15 is 0 Å². The Hall–Kier alpha value is 0.508. The first-order valence-corrected chi connectivity index (χ1v) is 1.73. The Kier molecular flexibility index (Phi) is 8.92. The standard InChI is InChI=1S/C2H4O2S.Mo/c3-2(4)1-5;/h5H,1H2,(H,3,4);. The molecule has 0 fully saturated rings. The summed E-state index contributed by atoms with van der Waals surface area (Å²) in [6, 6.07) is 0. The molecule has 0 saturated heterocycles.